The third kappa shape index (κ3) is 1.12. The van der Waals surface area contributed by atoms with E-state index in [2.05, 4.69) is 4.84 Å². The summed E-state index contributed by atoms with van der Waals surface area (Å²) < 4.78 is 21.3. The van der Waals surface area contributed by atoms with Crippen molar-refractivity contribution in [1.29, 1.82) is 0 Å². The van der Waals surface area contributed by atoms with Crippen molar-refractivity contribution in [3.8, 4) is 0 Å². The van der Waals surface area contributed by atoms with Gasteiger partial charge in [-0.15, -0.1) is 0 Å². The molecular weight excluding hydrogens is 118 g/mol. The van der Waals surface area contributed by atoms with Gasteiger partial charge in [0.25, 0.3) is 0 Å². The molecule has 0 aromatic heterocycles. The molecule has 0 bridgehead atoms. The third-order valence-electron chi connectivity index (χ3n) is 0.604. The summed E-state index contributed by atoms with van der Waals surface area (Å²) in [4.78, 5) is 4.32. The molecule has 1 rings (SSSR count). The molecule has 0 aromatic rings. The molecule has 1 unspecified atom stereocenters. The average Bonchev–Trinajstić information content (AvgIpc) is 1.99. The van der Waals surface area contributed by atoms with Crippen LogP contribution >= 0.6 is 0 Å². The van der Waals surface area contributed by atoms with Crippen LogP contribution in [0, 0.1) is 0 Å². The molecule has 1 saturated heterocycles. The molecule has 7 heavy (non-hydrogen) atoms. The highest BCUT2D eigenvalue weighted by molar-refractivity contribution is 7.88. The first-order valence-corrected chi connectivity index (χ1v) is 3.56. The van der Waals surface area contributed by atoms with E-state index in [0.29, 0.717) is 0 Å². The van der Waals surface area contributed by atoms with E-state index in [0.717, 1.165) is 10.7 Å². The van der Waals surface area contributed by atoms with Gasteiger partial charge in [-0.3, -0.25) is 4.84 Å². The molecule has 1 heterocycles. The highest BCUT2D eigenvalue weighted by Gasteiger charge is 2.29. The number of nitrogens with zero attached hydrogens (tertiary/aromatic N) is 1. The standard InChI is InChI=1S/C2H5NO3S/c1-7(4,5)3-2-6-3/h2H2,1H3. The minimum absolute atomic E-state index is 0.221. The van der Waals surface area contributed by atoms with E-state index in [1.54, 1.807) is 0 Å². The van der Waals surface area contributed by atoms with E-state index in [1.165, 1.54) is 0 Å². The predicted octanol–water partition coefficient (Wildman–Crippen LogP) is -0.849. The van der Waals surface area contributed by atoms with Crippen LogP contribution in [-0.4, -0.2) is 25.9 Å². The van der Waals surface area contributed by atoms with Gasteiger partial charge in [0.1, 0.15) is 0 Å². The Morgan fingerprint density at radius 3 is 2.14 bits per heavy atom. The van der Waals surface area contributed by atoms with Crippen molar-refractivity contribution < 1.29 is 13.3 Å². The van der Waals surface area contributed by atoms with Crippen molar-refractivity contribution in [1.82, 2.24) is 4.47 Å². The molecule has 0 amide bonds. The van der Waals surface area contributed by atoms with Gasteiger partial charge >= 0.3 is 0 Å². The first-order valence-electron chi connectivity index (χ1n) is 1.71. The highest BCUT2D eigenvalue weighted by atomic mass is 32.2. The average molecular weight is 123 g/mol. The molecule has 4 nitrogen and oxygen atoms in total. The summed E-state index contributed by atoms with van der Waals surface area (Å²) >= 11 is 0. The SMILES string of the molecule is CS(=O)(=O)N1CO1. The number of sulfonamides is 1. The van der Waals surface area contributed by atoms with Crippen molar-refractivity contribution in [2.75, 3.05) is 13.0 Å². The Morgan fingerprint density at radius 2 is 2.14 bits per heavy atom. The van der Waals surface area contributed by atoms with Crippen LogP contribution < -0.4 is 0 Å². The molecule has 0 aromatic carbocycles. The molecule has 42 valence electrons. The van der Waals surface area contributed by atoms with Crippen LogP contribution in [-0.2, 0) is 14.9 Å². The fourth-order valence-electron chi connectivity index (χ4n) is 0.215. The van der Waals surface area contributed by atoms with Crippen molar-refractivity contribution in [2.45, 2.75) is 0 Å². The zero-order valence-electron chi connectivity index (χ0n) is 3.79. The maximum absolute atomic E-state index is 10.2. The van der Waals surface area contributed by atoms with E-state index in [9.17, 15) is 8.42 Å². The van der Waals surface area contributed by atoms with Crippen LogP contribution in [0.3, 0.4) is 0 Å². The topological polar surface area (TPSA) is 49.7 Å². The smallest absolute Gasteiger partial charge is 0.235 e. The van der Waals surface area contributed by atoms with E-state index in [-0.39, 0.29) is 6.73 Å². The Balaban J connectivity index is 2.71. The van der Waals surface area contributed by atoms with E-state index in [1.807, 2.05) is 0 Å². The molecule has 0 spiro atoms. The minimum Gasteiger partial charge on any atom is -0.263 e. The Hall–Kier alpha value is -0.130. The van der Waals surface area contributed by atoms with E-state index in [4.69, 9.17) is 0 Å². The molecule has 5 heteroatoms. The van der Waals surface area contributed by atoms with Crippen LogP contribution in [0.15, 0.2) is 0 Å². The zero-order chi connectivity index (χ0) is 5.49. The molecule has 0 radical (unpaired) electrons. The summed E-state index contributed by atoms with van der Waals surface area (Å²) in [5, 5.41) is 0. The first kappa shape index (κ1) is 5.02. The van der Waals surface area contributed by atoms with Crippen molar-refractivity contribution >= 4 is 10.0 Å². The van der Waals surface area contributed by atoms with Gasteiger partial charge in [0.05, 0.1) is 6.26 Å². The van der Waals surface area contributed by atoms with Gasteiger partial charge in [-0.1, -0.05) is 4.47 Å². The Bertz CT molecular complexity index is 156. The first-order chi connectivity index (χ1) is 3.11. The van der Waals surface area contributed by atoms with Crippen LogP contribution in [0.1, 0.15) is 0 Å². The summed E-state index contributed by atoms with van der Waals surface area (Å²) in [7, 11) is -3.02. The van der Waals surface area contributed by atoms with Gasteiger partial charge < -0.3 is 0 Å². The molecule has 0 aliphatic carbocycles. The monoisotopic (exact) mass is 123 g/mol. The van der Waals surface area contributed by atoms with E-state index < -0.39 is 10.0 Å². The van der Waals surface area contributed by atoms with Crippen LogP contribution in [0.2, 0.25) is 0 Å². The third-order valence-corrected chi connectivity index (χ3v) is 1.56. The van der Waals surface area contributed by atoms with Gasteiger partial charge in [0.15, 0.2) is 6.73 Å². The van der Waals surface area contributed by atoms with Crippen molar-refractivity contribution in [2.24, 2.45) is 0 Å². The summed E-state index contributed by atoms with van der Waals surface area (Å²) in [6, 6.07) is 0. The second-order valence-corrected chi connectivity index (χ2v) is 3.20. The van der Waals surface area contributed by atoms with Crippen molar-refractivity contribution in [3.63, 3.8) is 0 Å². The van der Waals surface area contributed by atoms with Gasteiger partial charge in [-0.05, 0) is 0 Å². The van der Waals surface area contributed by atoms with Gasteiger partial charge in [-0.25, -0.2) is 8.42 Å². The van der Waals surface area contributed by atoms with Crippen LogP contribution in [0.25, 0.3) is 0 Å². The second kappa shape index (κ2) is 1.18. The number of hydroxylamine groups is 1. The lowest BCUT2D eigenvalue weighted by molar-refractivity contribution is 0.295. The predicted molar refractivity (Wildman–Crippen MR) is 22.6 cm³/mol. The Morgan fingerprint density at radius 1 is 1.71 bits per heavy atom. The summed E-state index contributed by atoms with van der Waals surface area (Å²) in [5.41, 5.74) is 0. The Labute approximate surface area is 41.7 Å². The van der Waals surface area contributed by atoms with Crippen LogP contribution in [0.4, 0.5) is 0 Å². The molecule has 1 atom stereocenters. The molecule has 1 fully saturated rings. The van der Waals surface area contributed by atoms with Gasteiger partial charge in [0.2, 0.25) is 10.0 Å². The minimum atomic E-state index is -3.02. The zero-order valence-corrected chi connectivity index (χ0v) is 4.60. The quantitative estimate of drug-likeness (QED) is 0.427. The molecule has 0 N–H and O–H groups in total. The molecular formula is C2H5NO3S. The lowest BCUT2D eigenvalue weighted by Crippen LogP contribution is -2.06. The summed E-state index contributed by atoms with van der Waals surface area (Å²) in [6.45, 7) is 0.221. The number of hydrogen-bond acceptors (Lipinski definition) is 3. The molecule has 1 aliphatic rings. The largest absolute Gasteiger partial charge is 0.263 e. The normalized spacial score (nSPS) is 30.1. The summed E-state index contributed by atoms with van der Waals surface area (Å²) in [5.74, 6) is 0. The lowest BCUT2D eigenvalue weighted by atomic mass is 11.5. The van der Waals surface area contributed by atoms with Crippen LogP contribution in [0.5, 0.6) is 0 Å². The van der Waals surface area contributed by atoms with Gasteiger partial charge in [-0.2, -0.15) is 0 Å². The van der Waals surface area contributed by atoms with E-state index >= 15 is 0 Å². The fraction of sp³-hybridized carbons (Fsp3) is 1.00. The van der Waals surface area contributed by atoms with Gasteiger partial charge in [0, 0.05) is 0 Å². The number of rotatable bonds is 1. The molecule has 0 saturated carbocycles. The van der Waals surface area contributed by atoms with Crippen molar-refractivity contribution in [3.05, 3.63) is 0 Å². The molecule has 1 aliphatic heterocycles. The Kier molecular flexibility index (Phi) is 0.844. The maximum atomic E-state index is 10.2. The maximum Gasteiger partial charge on any atom is 0.235 e. The second-order valence-electron chi connectivity index (χ2n) is 1.32. The lowest BCUT2D eigenvalue weighted by Gasteiger charge is -1.84. The fourth-order valence-corrected chi connectivity index (χ4v) is 0.645. The number of hydrogen-bond donors (Lipinski definition) is 0. The highest BCUT2D eigenvalue weighted by Crippen LogP contribution is 2.10. The summed E-state index contributed by atoms with van der Waals surface area (Å²) in [6.07, 6.45) is 1.10.